The lowest BCUT2D eigenvalue weighted by Crippen LogP contribution is -2.13. The van der Waals surface area contributed by atoms with Crippen LogP contribution in [-0.4, -0.2) is 24.0 Å². The fourth-order valence-corrected chi connectivity index (χ4v) is 2.74. The molecule has 0 saturated heterocycles. The first-order chi connectivity index (χ1) is 13.6. The van der Waals surface area contributed by atoms with Crippen LogP contribution >= 0.6 is 0 Å². The Kier molecular flexibility index (Phi) is 6.01. The number of nitrogens with zero attached hydrogens (tertiary/aromatic N) is 1. The van der Waals surface area contributed by atoms with E-state index >= 15 is 0 Å². The van der Waals surface area contributed by atoms with Crippen LogP contribution in [0.1, 0.15) is 33.2 Å². The molecule has 0 bridgehead atoms. The highest BCUT2D eigenvalue weighted by atomic mass is 16.5. The lowest BCUT2D eigenvalue weighted by Gasteiger charge is -2.11. The van der Waals surface area contributed by atoms with E-state index in [-0.39, 0.29) is 5.91 Å². The number of aryl methyl sites for hydroxylation is 1. The van der Waals surface area contributed by atoms with Gasteiger partial charge in [-0.2, -0.15) is 0 Å². The highest BCUT2D eigenvalue weighted by molar-refractivity contribution is 6.05. The molecule has 0 aliphatic heterocycles. The maximum atomic E-state index is 12.6. The Labute approximate surface area is 163 Å². The van der Waals surface area contributed by atoms with Gasteiger partial charge >= 0.3 is 5.97 Å². The number of pyridine rings is 1. The quantitative estimate of drug-likeness (QED) is 0.623. The average Bonchev–Trinajstić information content (AvgIpc) is 2.74. The second kappa shape index (κ2) is 8.81. The molecule has 0 saturated carbocycles. The molecule has 1 amide bonds. The fourth-order valence-electron chi connectivity index (χ4n) is 2.74. The Bertz CT molecular complexity index is 984. The molecule has 1 aromatic heterocycles. The van der Waals surface area contributed by atoms with Crippen molar-refractivity contribution in [2.75, 3.05) is 17.7 Å². The van der Waals surface area contributed by atoms with E-state index in [1.807, 2.05) is 31.2 Å². The van der Waals surface area contributed by atoms with Crippen LogP contribution in [0.25, 0.3) is 0 Å². The second-order valence-corrected chi connectivity index (χ2v) is 6.09. The van der Waals surface area contributed by atoms with E-state index in [4.69, 9.17) is 0 Å². The highest BCUT2D eigenvalue weighted by Gasteiger charge is 2.10. The van der Waals surface area contributed by atoms with Crippen LogP contribution in [0.15, 0.2) is 66.9 Å². The Balaban J connectivity index is 1.73. The first kappa shape index (κ1) is 19.1. The molecule has 1 heterocycles. The van der Waals surface area contributed by atoms with Crippen molar-refractivity contribution in [1.29, 1.82) is 0 Å². The van der Waals surface area contributed by atoms with Crippen molar-refractivity contribution < 1.29 is 14.3 Å². The summed E-state index contributed by atoms with van der Waals surface area (Å²) in [7, 11) is 1.34. The van der Waals surface area contributed by atoms with Crippen molar-refractivity contribution in [3.63, 3.8) is 0 Å². The number of carbonyl (C=O) groups is 2. The smallest absolute Gasteiger partial charge is 0.337 e. The molecular weight excluding hydrogens is 354 g/mol. The molecule has 0 atom stereocenters. The molecule has 3 rings (SSSR count). The topological polar surface area (TPSA) is 80.3 Å². The van der Waals surface area contributed by atoms with Gasteiger partial charge in [-0.05, 0) is 54.4 Å². The molecule has 0 unspecified atom stereocenters. The van der Waals surface area contributed by atoms with Crippen molar-refractivity contribution in [2.45, 2.75) is 13.3 Å². The first-order valence-corrected chi connectivity index (χ1v) is 8.91. The lowest BCUT2D eigenvalue weighted by molar-refractivity contribution is 0.0600. The van der Waals surface area contributed by atoms with Crippen LogP contribution in [0.2, 0.25) is 0 Å². The largest absolute Gasteiger partial charge is 0.465 e. The number of anilines is 3. The molecule has 142 valence electrons. The summed E-state index contributed by atoms with van der Waals surface area (Å²) in [6.07, 6.45) is 2.41. The van der Waals surface area contributed by atoms with Gasteiger partial charge in [0.15, 0.2) is 0 Å². The van der Waals surface area contributed by atoms with Gasteiger partial charge in [0.05, 0.1) is 12.7 Å². The van der Waals surface area contributed by atoms with Gasteiger partial charge < -0.3 is 15.4 Å². The van der Waals surface area contributed by atoms with E-state index in [0.29, 0.717) is 16.9 Å². The van der Waals surface area contributed by atoms with Gasteiger partial charge in [-0.15, -0.1) is 0 Å². The zero-order valence-electron chi connectivity index (χ0n) is 15.7. The number of rotatable bonds is 6. The molecule has 2 aromatic carbocycles. The van der Waals surface area contributed by atoms with Gasteiger partial charge in [0.1, 0.15) is 5.82 Å². The maximum Gasteiger partial charge on any atom is 0.337 e. The van der Waals surface area contributed by atoms with E-state index < -0.39 is 5.97 Å². The number of esters is 1. The third-order valence-electron chi connectivity index (χ3n) is 4.25. The minimum atomic E-state index is -0.393. The Morgan fingerprint density at radius 2 is 1.75 bits per heavy atom. The molecule has 28 heavy (non-hydrogen) atoms. The number of aromatic nitrogens is 1. The van der Waals surface area contributed by atoms with Crippen LogP contribution in [-0.2, 0) is 11.2 Å². The zero-order chi connectivity index (χ0) is 19.9. The van der Waals surface area contributed by atoms with Crippen molar-refractivity contribution in [2.24, 2.45) is 0 Å². The van der Waals surface area contributed by atoms with E-state index in [9.17, 15) is 9.59 Å². The maximum absolute atomic E-state index is 12.6. The minimum absolute atomic E-state index is 0.201. The van der Waals surface area contributed by atoms with Crippen molar-refractivity contribution in [3.8, 4) is 0 Å². The van der Waals surface area contributed by atoms with Gasteiger partial charge in [0, 0.05) is 23.1 Å². The summed E-state index contributed by atoms with van der Waals surface area (Å²) < 4.78 is 4.69. The summed E-state index contributed by atoms with van der Waals surface area (Å²) in [5.41, 5.74) is 3.58. The molecule has 6 heteroatoms. The standard InChI is InChI=1S/C22H21N3O3/c1-3-15-6-4-5-7-19(15)25-21(26)17-12-13-23-20(14-17)24-18-10-8-16(9-11-18)22(27)28-2/h4-14H,3H2,1-2H3,(H,23,24)(H,25,26). The number of amides is 1. The molecule has 0 spiro atoms. The molecule has 0 aliphatic carbocycles. The Hall–Kier alpha value is -3.67. The summed E-state index contributed by atoms with van der Waals surface area (Å²) in [6, 6.07) is 17.9. The molecule has 0 fully saturated rings. The number of carbonyl (C=O) groups excluding carboxylic acids is 2. The lowest BCUT2D eigenvalue weighted by atomic mass is 10.1. The fraction of sp³-hybridized carbons (Fsp3) is 0.136. The molecule has 2 N–H and O–H groups in total. The molecule has 3 aromatic rings. The van der Waals surface area contributed by atoms with Crippen molar-refractivity contribution in [1.82, 2.24) is 4.98 Å². The van der Waals surface area contributed by atoms with E-state index in [2.05, 4.69) is 20.4 Å². The Morgan fingerprint density at radius 1 is 1.00 bits per heavy atom. The monoisotopic (exact) mass is 375 g/mol. The number of benzene rings is 2. The number of para-hydroxylation sites is 1. The number of nitrogens with one attached hydrogen (secondary N) is 2. The first-order valence-electron chi connectivity index (χ1n) is 8.91. The summed E-state index contributed by atoms with van der Waals surface area (Å²) in [6.45, 7) is 2.05. The van der Waals surface area contributed by atoms with Crippen LogP contribution < -0.4 is 10.6 Å². The van der Waals surface area contributed by atoms with Crippen LogP contribution in [0.4, 0.5) is 17.2 Å². The summed E-state index contributed by atoms with van der Waals surface area (Å²) in [5.74, 6) is -0.0645. The molecule has 0 aliphatic rings. The van der Waals surface area contributed by atoms with Crippen molar-refractivity contribution >= 4 is 29.1 Å². The predicted molar refractivity (Wildman–Crippen MR) is 109 cm³/mol. The van der Waals surface area contributed by atoms with Gasteiger partial charge in [-0.1, -0.05) is 25.1 Å². The van der Waals surface area contributed by atoms with Gasteiger partial charge in [-0.3, -0.25) is 4.79 Å². The summed E-state index contributed by atoms with van der Waals surface area (Å²) in [4.78, 5) is 28.4. The van der Waals surface area contributed by atoms with Gasteiger partial charge in [0.2, 0.25) is 0 Å². The van der Waals surface area contributed by atoms with Crippen molar-refractivity contribution in [3.05, 3.63) is 83.6 Å². The predicted octanol–water partition coefficient (Wildman–Crippen LogP) is 4.43. The average molecular weight is 375 g/mol. The van der Waals surface area contributed by atoms with E-state index in [1.165, 1.54) is 7.11 Å². The van der Waals surface area contributed by atoms with Gasteiger partial charge in [0.25, 0.3) is 5.91 Å². The van der Waals surface area contributed by atoms with E-state index in [0.717, 1.165) is 23.4 Å². The van der Waals surface area contributed by atoms with Crippen LogP contribution in [0.5, 0.6) is 0 Å². The molecule has 0 radical (unpaired) electrons. The zero-order valence-corrected chi connectivity index (χ0v) is 15.7. The number of hydrogen-bond donors (Lipinski definition) is 2. The number of hydrogen-bond acceptors (Lipinski definition) is 5. The molecular formula is C22H21N3O3. The summed E-state index contributed by atoms with van der Waals surface area (Å²) >= 11 is 0. The Morgan fingerprint density at radius 3 is 2.46 bits per heavy atom. The summed E-state index contributed by atoms with van der Waals surface area (Å²) in [5, 5.41) is 6.08. The third-order valence-corrected chi connectivity index (χ3v) is 4.25. The highest BCUT2D eigenvalue weighted by Crippen LogP contribution is 2.19. The molecule has 6 nitrogen and oxygen atoms in total. The van der Waals surface area contributed by atoms with Gasteiger partial charge in [-0.25, -0.2) is 9.78 Å². The number of methoxy groups -OCH3 is 1. The van der Waals surface area contributed by atoms with Crippen LogP contribution in [0.3, 0.4) is 0 Å². The normalized spacial score (nSPS) is 10.2. The van der Waals surface area contributed by atoms with Crippen LogP contribution in [0, 0.1) is 0 Å². The SMILES string of the molecule is CCc1ccccc1NC(=O)c1ccnc(Nc2ccc(C(=O)OC)cc2)c1. The third kappa shape index (κ3) is 4.54. The minimum Gasteiger partial charge on any atom is -0.465 e. The number of ether oxygens (including phenoxy) is 1. The van der Waals surface area contributed by atoms with E-state index in [1.54, 1.807) is 42.6 Å². The second-order valence-electron chi connectivity index (χ2n) is 6.09.